The van der Waals surface area contributed by atoms with Crippen LogP contribution in [0.2, 0.25) is 0 Å². The van der Waals surface area contributed by atoms with Gasteiger partial charge in [0.05, 0.1) is 5.69 Å². The molecule has 1 aromatic heterocycles. The zero-order valence-electron chi connectivity index (χ0n) is 8.05. The molecule has 1 heterocycles. The third kappa shape index (κ3) is 3.06. The van der Waals surface area contributed by atoms with Crippen molar-refractivity contribution < 1.29 is 0 Å². The molecule has 82 valence electrons. The highest BCUT2D eigenvalue weighted by Crippen LogP contribution is 2.28. The second-order valence-corrected chi connectivity index (χ2v) is 5.68. The van der Waals surface area contributed by atoms with Crippen molar-refractivity contribution in [3.63, 3.8) is 0 Å². The summed E-state index contributed by atoms with van der Waals surface area (Å²) < 4.78 is 2.83. The largest absolute Gasteiger partial charge is 0.339 e. The summed E-state index contributed by atoms with van der Waals surface area (Å²) in [5.41, 5.74) is 0.980. The Balaban J connectivity index is 2.27. The van der Waals surface area contributed by atoms with E-state index in [0.717, 1.165) is 25.1 Å². The molecular formula is C11H7Br3N2. The van der Waals surface area contributed by atoms with Crippen molar-refractivity contribution in [3.05, 3.63) is 49.9 Å². The van der Waals surface area contributed by atoms with Gasteiger partial charge in [0.25, 0.3) is 0 Å². The quantitative estimate of drug-likeness (QED) is 0.701. The molecule has 0 unspecified atom stereocenters. The third-order valence-electron chi connectivity index (χ3n) is 1.91. The molecule has 0 atom stereocenters. The fourth-order valence-corrected chi connectivity index (χ4v) is 2.70. The van der Waals surface area contributed by atoms with Crippen molar-refractivity contribution in [2.24, 2.45) is 0 Å². The number of anilines is 2. The van der Waals surface area contributed by atoms with Gasteiger partial charge in [-0.2, -0.15) is 0 Å². The molecule has 0 saturated carbocycles. The van der Waals surface area contributed by atoms with E-state index in [0.29, 0.717) is 0 Å². The van der Waals surface area contributed by atoms with Gasteiger partial charge in [-0.1, -0.05) is 22.0 Å². The van der Waals surface area contributed by atoms with Crippen molar-refractivity contribution in [1.82, 2.24) is 4.98 Å². The second-order valence-electron chi connectivity index (χ2n) is 3.09. The molecule has 0 saturated heterocycles. The first kappa shape index (κ1) is 12.1. The van der Waals surface area contributed by atoms with Crippen molar-refractivity contribution in [1.29, 1.82) is 0 Å². The van der Waals surface area contributed by atoms with Gasteiger partial charge in [0.1, 0.15) is 10.4 Å². The summed E-state index contributed by atoms with van der Waals surface area (Å²) in [7, 11) is 0. The molecule has 0 aliphatic rings. The van der Waals surface area contributed by atoms with Crippen LogP contribution in [-0.2, 0) is 0 Å². The summed E-state index contributed by atoms with van der Waals surface area (Å²) in [5.74, 6) is 0.803. The van der Waals surface area contributed by atoms with Crippen molar-refractivity contribution in [2.75, 3.05) is 5.32 Å². The number of halogens is 3. The molecule has 0 bridgehead atoms. The predicted octanol–water partition coefficient (Wildman–Crippen LogP) is 5.11. The van der Waals surface area contributed by atoms with E-state index < -0.39 is 0 Å². The third-order valence-corrected chi connectivity index (χ3v) is 3.50. The normalized spacial score (nSPS) is 10.2. The Hall–Kier alpha value is -0.390. The molecule has 2 nitrogen and oxygen atoms in total. The minimum atomic E-state index is 0.803. The predicted molar refractivity (Wildman–Crippen MR) is 77.1 cm³/mol. The zero-order valence-corrected chi connectivity index (χ0v) is 12.8. The summed E-state index contributed by atoms with van der Waals surface area (Å²) >= 11 is 10.2. The maximum atomic E-state index is 4.31. The monoisotopic (exact) mass is 404 g/mol. The zero-order chi connectivity index (χ0) is 11.5. The Bertz CT molecular complexity index is 514. The highest BCUT2D eigenvalue weighted by molar-refractivity contribution is 9.11. The number of aromatic nitrogens is 1. The molecule has 1 aromatic carbocycles. The fraction of sp³-hybridized carbons (Fsp3) is 0. The van der Waals surface area contributed by atoms with Crippen LogP contribution < -0.4 is 5.32 Å². The molecule has 2 aromatic rings. The summed E-state index contributed by atoms with van der Waals surface area (Å²) in [4.78, 5) is 4.31. The lowest BCUT2D eigenvalue weighted by Crippen LogP contribution is -1.94. The van der Waals surface area contributed by atoms with Crippen LogP contribution in [0.5, 0.6) is 0 Å². The van der Waals surface area contributed by atoms with E-state index in [4.69, 9.17) is 0 Å². The minimum absolute atomic E-state index is 0.803. The van der Waals surface area contributed by atoms with E-state index in [1.165, 1.54) is 0 Å². The van der Waals surface area contributed by atoms with Gasteiger partial charge >= 0.3 is 0 Å². The Kier molecular flexibility index (Phi) is 4.00. The molecule has 0 amide bonds. The molecule has 2 rings (SSSR count). The van der Waals surface area contributed by atoms with Gasteiger partial charge in [0, 0.05) is 8.95 Å². The SMILES string of the molecule is Brc1ccc(Nc2cccc(Br)n2)c(Br)c1. The first-order valence-corrected chi connectivity index (χ1v) is 6.88. The molecule has 0 spiro atoms. The van der Waals surface area contributed by atoms with E-state index in [9.17, 15) is 0 Å². The average molecular weight is 407 g/mol. The lowest BCUT2D eigenvalue weighted by molar-refractivity contribution is 1.26. The maximum Gasteiger partial charge on any atom is 0.131 e. The van der Waals surface area contributed by atoms with Crippen molar-refractivity contribution >= 4 is 59.3 Å². The Morgan fingerprint density at radius 2 is 1.81 bits per heavy atom. The fourth-order valence-electron chi connectivity index (χ4n) is 1.21. The molecule has 0 radical (unpaired) electrons. The standard InChI is InChI=1S/C11H7Br3N2/c12-7-4-5-9(8(13)6-7)15-11-3-1-2-10(14)16-11/h1-6H,(H,15,16). The Morgan fingerprint density at radius 1 is 1.00 bits per heavy atom. The van der Waals surface area contributed by atoms with E-state index in [2.05, 4.69) is 58.1 Å². The topological polar surface area (TPSA) is 24.9 Å². The van der Waals surface area contributed by atoms with Crippen LogP contribution in [0.3, 0.4) is 0 Å². The molecule has 0 aliphatic heterocycles. The number of nitrogens with zero attached hydrogens (tertiary/aromatic N) is 1. The summed E-state index contributed by atoms with van der Waals surface area (Å²) in [6.45, 7) is 0. The Morgan fingerprint density at radius 3 is 2.50 bits per heavy atom. The number of hydrogen-bond donors (Lipinski definition) is 1. The van der Waals surface area contributed by atoms with Gasteiger partial charge in [0.15, 0.2) is 0 Å². The molecule has 1 N–H and O–H groups in total. The van der Waals surface area contributed by atoms with Crippen LogP contribution in [0.1, 0.15) is 0 Å². The van der Waals surface area contributed by atoms with Crippen molar-refractivity contribution in [2.45, 2.75) is 0 Å². The van der Waals surface area contributed by atoms with Gasteiger partial charge < -0.3 is 5.32 Å². The lowest BCUT2D eigenvalue weighted by Gasteiger charge is -2.08. The van der Waals surface area contributed by atoms with Crippen molar-refractivity contribution in [3.8, 4) is 0 Å². The van der Waals surface area contributed by atoms with Crippen LogP contribution >= 0.6 is 47.8 Å². The van der Waals surface area contributed by atoms with Gasteiger partial charge in [-0.05, 0) is 62.2 Å². The van der Waals surface area contributed by atoms with Gasteiger partial charge in [-0.25, -0.2) is 4.98 Å². The molecular weight excluding hydrogens is 400 g/mol. The molecule has 0 aliphatic carbocycles. The van der Waals surface area contributed by atoms with Crippen LogP contribution in [0.25, 0.3) is 0 Å². The maximum absolute atomic E-state index is 4.31. The highest BCUT2D eigenvalue weighted by atomic mass is 79.9. The van der Waals surface area contributed by atoms with Gasteiger partial charge in [-0.3, -0.25) is 0 Å². The van der Waals surface area contributed by atoms with Gasteiger partial charge in [0.2, 0.25) is 0 Å². The number of rotatable bonds is 2. The lowest BCUT2D eigenvalue weighted by atomic mass is 10.3. The number of pyridine rings is 1. The molecule has 0 fully saturated rings. The number of nitrogens with one attached hydrogen (secondary N) is 1. The van der Waals surface area contributed by atoms with E-state index in [1.54, 1.807) is 0 Å². The van der Waals surface area contributed by atoms with Crippen LogP contribution in [0, 0.1) is 0 Å². The first-order valence-electron chi connectivity index (χ1n) is 4.50. The summed E-state index contributed by atoms with van der Waals surface area (Å²) in [5, 5.41) is 3.23. The summed E-state index contributed by atoms with van der Waals surface area (Å²) in [6, 6.07) is 11.7. The summed E-state index contributed by atoms with van der Waals surface area (Å²) in [6.07, 6.45) is 0. The van der Waals surface area contributed by atoms with E-state index in [1.807, 2.05) is 36.4 Å². The van der Waals surface area contributed by atoms with Crippen LogP contribution in [0.15, 0.2) is 49.9 Å². The first-order chi connectivity index (χ1) is 7.65. The van der Waals surface area contributed by atoms with E-state index in [-0.39, 0.29) is 0 Å². The highest BCUT2D eigenvalue weighted by Gasteiger charge is 2.01. The molecule has 5 heteroatoms. The Labute approximate surface area is 119 Å². The van der Waals surface area contributed by atoms with Crippen LogP contribution in [0.4, 0.5) is 11.5 Å². The van der Waals surface area contributed by atoms with E-state index >= 15 is 0 Å². The minimum Gasteiger partial charge on any atom is -0.339 e. The number of hydrogen-bond acceptors (Lipinski definition) is 2. The average Bonchev–Trinajstić information content (AvgIpc) is 2.22. The number of benzene rings is 1. The van der Waals surface area contributed by atoms with Gasteiger partial charge in [-0.15, -0.1) is 0 Å². The van der Waals surface area contributed by atoms with Crippen LogP contribution in [-0.4, -0.2) is 4.98 Å². The second kappa shape index (κ2) is 5.29. The molecule has 16 heavy (non-hydrogen) atoms. The smallest absolute Gasteiger partial charge is 0.131 e.